The van der Waals surface area contributed by atoms with Gasteiger partial charge in [0.05, 0.1) is 0 Å². The van der Waals surface area contributed by atoms with Crippen LogP contribution in [-0.2, 0) is 17.3 Å². The van der Waals surface area contributed by atoms with Crippen LogP contribution in [-0.4, -0.2) is 0 Å². The van der Waals surface area contributed by atoms with Crippen molar-refractivity contribution in [2.24, 2.45) is 0 Å². The van der Waals surface area contributed by atoms with Crippen molar-refractivity contribution in [3.63, 3.8) is 0 Å². The Morgan fingerprint density at radius 2 is 1.21 bits per heavy atom. The lowest BCUT2D eigenvalue weighted by Crippen LogP contribution is -2.17. The van der Waals surface area contributed by atoms with E-state index >= 15 is 0 Å². The minimum absolute atomic E-state index is 0.0281. The molecule has 5 aromatic rings. The lowest BCUT2D eigenvalue weighted by Gasteiger charge is -2.30. The second-order valence-electron chi connectivity index (χ2n) is 17.0. The summed E-state index contributed by atoms with van der Waals surface area (Å²) >= 11 is 0. The fraction of sp³-hybridized carbons (Fsp3) is 0.321. The third-order valence-electron chi connectivity index (χ3n) is 11.6. The monoisotopic (exact) mass is 694 g/mol. The van der Waals surface area contributed by atoms with E-state index in [1.807, 2.05) is 0 Å². The van der Waals surface area contributed by atoms with Crippen LogP contribution in [0.5, 0.6) is 0 Å². The van der Waals surface area contributed by atoms with Crippen molar-refractivity contribution >= 4 is 5.57 Å². The molecule has 0 bridgehead atoms. The van der Waals surface area contributed by atoms with Crippen LogP contribution in [0.2, 0.25) is 0 Å². The molecule has 0 aliphatic heterocycles. The molecule has 0 aromatic heterocycles. The van der Waals surface area contributed by atoms with Crippen LogP contribution >= 0.6 is 0 Å². The van der Waals surface area contributed by atoms with Crippen LogP contribution < -0.4 is 0 Å². The van der Waals surface area contributed by atoms with E-state index in [0.717, 1.165) is 12.8 Å². The first kappa shape index (κ1) is 36.7. The molecule has 7 rings (SSSR count). The predicted octanol–water partition coefficient (Wildman–Crippen LogP) is 15.2. The quantitative estimate of drug-likeness (QED) is 0.106. The molecule has 0 heteroatoms. The molecule has 0 atom stereocenters. The second-order valence-corrected chi connectivity index (χ2v) is 17.0. The smallest absolute Gasteiger partial charge is 0.0214 e. The van der Waals surface area contributed by atoms with Gasteiger partial charge in [-0.1, -0.05) is 195 Å². The zero-order valence-electron chi connectivity index (χ0n) is 33.0. The first-order chi connectivity index (χ1) is 25.7. The summed E-state index contributed by atoms with van der Waals surface area (Å²) in [6, 6.07) is 41.1. The van der Waals surface area contributed by atoms with Crippen molar-refractivity contribution in [3.8, 4) is 33.4 Å². The lowest BCUT2D eigenvalue weighted by atomic mass is 9.74. The first-order valence-electron chi connectivity index (χ1n) is 20.3. The van der Waals surface area contributed by atoms with Crippen molar-refractivity contribution < 1.29 is 0 Å². The van der Waals surface area contributed by atoms with Crippen molar-refractivity contribution in [3.05, 3.63) is 173 Å². The molecule has 53 heavy (non-hydrogen) atoms. The minimum Gasteiger partial charge on any atom is -0.0732 e. The van der Waals surface area contributed by atoms with Gasteiger partial charge in [0.25, 0.3) is 0 Å². The van der Waals surface area contributed by atoms with Gasteiger partial charge in [-0.15, -0.1) is 0 Å². The maximum Gasteiger partial charge on any atom is 0.0214 e. The molecule has 5 aromatic carbocycles. The number of rotatable bonds is 13. The largest absolute Gasteiger partial charge is 0.0732 e. The van der Waals surface area contributed by atoms with E-state index in [-0.39, 0.29) is 16.7 Å². The Morgan fingerprint density at radius 3 is 1.85 bits per heavy atom. The molecule has 0 radical (unpaired) electrons. The Kier molecular flexibility index (Phi) is 10.9. The second kappa shape index (κ2) is 15.7. The Balaban J connectivity index is 1.41. The number of benzene rings is 5. The molecular weight excluding hydrogens is 637 g/mol. The maximum atomic E-state index is 2.61. The Morgan fingerprint density at radius 1 is 0.623 bits per heavy atom. The zero-order chi connectivity index (χ0) is 37.0. The highest BCUT2D eigenvalue weighted by atomic mass is 14.4. The molecule has 2 aliphatic carbocycles. The molecule has 0 N–H and O–H groups in total. The van der Waals surface area contributed by atoms with Gasteiger partial charge < -0.3 is 0 Å². The summed E-state index contributed by atoms with van der Waals surface area (Å²) in [5, 5.41) is 0. The fourth-order valence-electron chi connectivity index (χ4n) is 8.86. The predicted molar refractivity (Wildman–Crippen MR) is 231 cm³/mol. The summed E-state index contributed by atoms with van der Waals surface area (Å²) in [7, 11) is 0. The highest BCUT2D eigenvalue weighted by Gasteiger charge is 2.34. The molecule has 0 unspecified atom stereocenters. The molecule has 0 heterocycles. The number of allylic oxidation sites excluding steroid dienone is 6. The number of hydrogen-bond donors (Lipinski definition) is 0. The molecule has 0 fully saturated rings. The van der Waals surface area contributed by atoms with Crippen LogP contribution in [0.15, 0.2) is 140 Å². The van der Waals surface area contributed by atoms with Crippen LogP contribution in [0.3, 0.4) is 0 Å². The summed E-state index contributed by atoms with van der Waals surface area (Å²) in [5.74, 6) is 0.262. The third kappa shape index (κ3) is 7.84. The zero-order valence-corrected chi connectivity index (χ0v) is 33.0. The molecule has 0 nitrogen and oxygen atoms in total. The van der Waals surface area contributed by atoms with E-state index in [1.165, 1.54) is 111 Å². The van der Waals surface area contributed by atoms with Gasteiger partial charge in [0.15, 0.2) is 0 Å². The Hall–Kier alpha value is -4.68. The summed E-state index contributed by atoms with van der Waals surface area (Å²) in [5.41, 5.74) is 18.0. The van der Waals surface area contributed by atoms with Gasteiger partial charge in [0.2, 0.25) is 0 Å². The van der Waals surface area contributed by atoms with E-state index in [2.05, 4.69) is 181 Å². The lowest BCUT2D eigenvalue weighted by molar-refractivity contribution is 0.591. The normalized spacial score (nSPS) is 14.2. The Labute approximate surface area is 320 Å². The van der Waals surface area contributed by atoms with Crippen LogP contribution in [0.1, 0.15) is 126 Å². The molecule has 0 amide bonds. The van der Waals surface area contributed by atoms with Gasteiger partial charge in [0, 0.05) is 11.3 Å². The van der Waals surface area contributed by atoms with Gasteiger partial charge in [-0.05, 0) is 115 Å². The molecule has 0 saturated heterocycles. The molecule has 0 saturated carbocycles. The first-order valence-corrected chi connectivity index (χ1v) is 20.3. The summed E-state index contributed by atoms with van der Waals surface area (Å²) in [6.07, 6.45) is 21.8. The number of fused-ring (bicyclic) bond motifs is 3. The van der Waals surface area contributed by atoms with Crippen LogP contribution in [0.25, 0.3) is 39.0 Å². The van der Waals surface area contributed by atoms with Gasteiger partial charge in [-0.25, -0.2) is 0 Å². The molecule has 270 valence electrons. The van der Waals surface area contributed by atoms with E-state index < -0.39 is 0 Å². The Bertz CT molecular complexity index is 2100. The highest BCUT2D eigenvalue weighted by molar-refractivity contribution is 5.89. The van der Waals surface area contributed by atoms with Gasteiger partial charge >= 0.3 is 0 Å². The maximum absolute atomic E-state index is 2.61. The summed E-state index contributed by atoms with van der Waals surface area (Å²) in [6.45, 7) is 14.3. The van der Waals surface area contributed by atoms with E-state index in [9.17, 15) is 0 Å². The van der Waals surface area contributed by atoms with Gasteiger partial charge in [-0.3, -0.25) is 0 Å². The van der Waals surface area contributed by atoms with Gasteiger partial charge in [-0.2, -0.15) is 0 Å². The van der Waals surface area contributed by atoms with E-state index in [0.29, 0.717) is 0 Å². The van der Waals surface area contributed by atoms with Crippen molar-refractivity contribution in [1.82, 2.24) is 0 Å². The molecule has 2 aliphatic rings. The standard InChI is InChI=1S/C53H58/c1-7-8-9-10-11-15-32-42(38-24-16-12-17-25-38)37-53(5,6)48-35-44-43(33-45(48)39-26-18-13-19-27-39)34-47-46(44)36-49(52(2,3)4)51(41-28-20-14-21-29-41)50(47)40-30-22-23-31-40/h12-14,16-31,33,35-37,40H,7-11,15,32,34H2,1-6H3. The highest BCUT2D eigenvalue weighted by Crippen LogP contribution is 2.52. The summed E-state index contributed by atoms with van der Waals surface area (Å²) < 4.78 is 0. The topological polar surface area (TPSA) is 0 Å². The number of hydrogen-bond acceptors (Lipinski definition) is 0. The number of unbranched alkanes of at least 4 members (excludes halogenated alkanes) is 5. The molecular formula is C53H58. The molecule has 0 spiro atoms. The average molecular weight is 695 g/mol. The van der Waals surface area contributed by atoms with Crippen molar-refractivity contribution in [1.29, 1.82) is 0 Å². The minimum atomic E-state index is -0.201. The van der Waals surface area contributed by atoms with E-state index in [4.69, 9.17) is 0 Å². The third-order valence-corrected chi connectivity index (χ3v) is 11.6. The summed E-state index contributed by atoms with van der Waals surface area (Å²) in [4.78, 5) is 0. The fourth-order valence-corrected chi connectivity index (χ4v) is 8.86. The van der Waals surface area contributed by atoms with Gasteiger partial charge in [0.1, 0.15) is 0 Å². The van der Waals surface area contributed by atoms with Crippen molar-refractivity contribution in [2.45, 2.75) is 110 Å². The SMILES string of the molecule is CCCCCCCCC(=CC(C)(C)c1cc2c(cc1-c1ccccc1)Cc1c-2cc(C(C)(C)C)c(-c2ccccc2)c1C1C=CC=C1)c1ccccc1. The van der Waals surface area contributed by atoms with Crippen LogP contribution in [0, 0.1) is 0 Å². The van der Waals surface area contributed by atoms with E-state index in [1.54, 1.807) is 0 Å². The van der Waals surface area contributed by atoms with Crippen molar-refractivity contribution in [2.75, 3.05) is 0 Å². The van der Waals surface area contributed by atoms with Crippen LogP contribution in [0.4, 0.5) is 0 Å². The average Bonchev–Trinajstić information content (AvgIpc) is 3.83.